The number of anilines is 1. The molecule has 1 saturated heterocycles. The summed E-state index contributed by atoms with van der Waals surface area (Å²) in [4.78, 5) is 44.7. The van der Waals surface area contributed by atoms with E-state index in [9.17, 15) is 19.5 Å². The Labute approximate surface area is 222 Å². The van der Waals surface area contributed by atoms with Crippen LogP contribution in [0.3, 0.4) is 0 Å². The van der Waals surface area contributed by atoms with Crippen LogP contribution >= 0.6 is 22.9 Å². The number of halogens is 1. The van der Waals surface area contributed by atoms with Gasteiger partial charge < -0.3 is 14.6 Å². The molecule has 10 heteroatoms. The summed E-state index contributed by atoms with van der Waals surface area (Å²) in [5, 5.41) is 11.9. The summed E-state index contributed by atoms with van der Waals surface area (Å²) < 4.78 is 10.4. The Morgan fingerprint density at radius 3 is 2.65 bits per heavy atom. The fourth-order valence-electron chi connectivity index (χ4n) is 4.08. The second-order valence-corrected chi connectivity index (χ2v) is 9.62. The largest absolute Gasteiger partial charge is 0.507 e. The molecule has 1 unspecified atom stereocenters. The number of ketones is 1. The zero-order valence-corrected chi connectivity index (χ0v) is 21.9. The molecule has 1 amide bonds. The van der Waals surface area contributed by atoms with E-state index in [1.165, 1.54) is 12.0 Å². The smallest absolute Gasteiger partial charge is 0.350 e. The molecule has 1 atom stereocenters. The number of nitrogens with zero attached hydrogens (tertiary/aromatic N) is 2. The minimum atomic E-state index is -1.04. The third-order valence-electron chi connectivity index (χ3n) is 5.79. The molecule has 4 rings (SSSR count). The number of aryl methyl sites for hydroxylation is 2. The number of aliphatic hydroxyl groups excluding tert-OH is 1. The molecule has 2 aromatic carbocycles. The number of amides is 1. The van der Waals surface area contributed by atoms with Crippen molar-refractivity contribution in [2.45, 2.75) is 19.9 Å². The van der Waals surface area contributed by atoms with Gasteiger partial charge >= 0.3 is 11.9 Å². The Kier molecular flexibility index (Phi) is 7.47. The van der Waals surface area contributed by atoms with Crippen molar-refractivity contribution in [3.05, 3.63) is 93.0 Å². The summed E-state index contributed by atoms with van der Waals surface area (Å²) in [5.41, 5.74) is 1.71. The molecule has 0 saturated carbocycles. The van der Waals surface area contributed by atoms with Crippen LogP contribution in [0.5, 0.6) is 5.75 Å². The van der Waals surface area contributed by atoms with Gasteiger partial charge in [0.2, 0.25) is 0 Å². The number of rotatable bonds is 7. The van der Waals surface area contributed by atoms with Gasteiger partial charge in [0, 0.05) is 10.6 Å². The van der Waals surface area contributed by atoms with Crippen LogP contribution in [0.4, 0.5) is 5.13 Å². The first-order valence-electron chi connectivity index (χ1n) is 11.1. The molecule has 0 bridgehead atoms. The van der Waals surface area contributed by atoms with E-state index in [0.29, 0.717) is 39.8 Å². The zero-order chi connectivity index (χ0) is 26.9. The number of carbonyl (C=O) groups excluding carboxylic acids is 3. The lowest BCUT2D eigenvalue weighted by molar-refractivity contribution is -0.132. The average molecular weight is 539 g/mol. The van der Waals surface area contributed by atoms with Crippen LogP contribution in [0.2, 0.25) is 5.02 Å². The first kappa shape index (κ1) is 26.1. The number of hydrogen-bond acceptors (Lipinski definition) is 8. The molecular formula is C27H23ClN2O6S. The van der Waals surface area contributed by atoms with E-state index < -0.39 is 23.7 Å². The lowest BCUT2D eigenvalue weighted by atomic mass is 9.94. The number of benzene rings is 2. The minimum Gasteiger partial charge on any atom is -0.507 e. The van der Waals surface area contributed by atoms with Crippen molar-refractivity contribution in [2.24, 2.45) is 0 Å². The van der Waals surface area contributed by atoms with Crippen molar-refractivity contribution in [3.8, 4) is 5.75 Å². The summed E-state index contributed by atoms with van der Waals surface area (Å²) in [7, 11) is 1.25. The van der Waals surface area contributed by atoms with Crippen molar-refractivity contribution in [3.63, 3.8) is 0 Å². The van der Waals surface area contributed by atoms with Crippen LogP contribution in [-0.4, -0.2) is 41.5 Å². The van der Waals surface area contributed by atoms with Crippen molar-refractivity contribution in [1.29, 1.82) is 0 Å². The first-order valence-corrected chi connectivity index (χ1v) is 12.3. The van der Waals surface area contributed by atoms with E-state index in [1.54, 1.807) is 62.4 Å². The molecule has 0 aliphatic carbocycles. The third kappa shape index (κ3) is 4.87. The quantitative estimate of drug-likeness (QED) is 0.141. The molecule has 1 aliphatic heterocycles. The Bertz CT molecular complexity index is 1460. The maximum Gasteiger partial charge on any atom is 0.350 e. The summed E-state index contributed by atoms with van der Waals surface area (Å²) in [6, 6.07) is 10.6. The molecule has 1 fully saturated rings. The van der Waals surface area contributed by atoms with Gasteiger partial charge in [0.15, 0.2) is 5.13 Å². The Morgan fingerprint density at radius 2 is 2.00 bits per heavy atom. The average Bonchev–Trinajstić information content (AvgIpc) is 3.38. The van der Waals surface area contributed by atoms with Gasteiger partial charge in [-0.1, -0.05) is 47.7 Å². The number of carbonyl (C=O) groups is 3. The van der Waals surface area contributed by atoms with Crippen LogP contribution in [0.25, 0.3) is 5.76 Å². The number of methoxy groups -OCH3 is 1. The summed E-state index contributed by atoms with van der Waals surface area (Å²) in [6.45, 7) is 7.30. The second kappa shape index (κ2) is 10.6. The molecular weight excluding hydrogens is 516 g/mol. The van der Waals surface area contributed by atoms with Crippen molar-refractivity contribution < 1.29 is 29.0 Å². The summed E-state index contributed by atoms with van der Waals surface area (Å²) >= 11 is 7.17. The molecule has 0 radical (unpaired) electrons. The van der Waals surface area contributed by atoms with Crippen LogP contribution < -0.4 is 9.64 Å². The fraction of sp³-hybridized carbons (Fsp3) is 0.185. The third-order valence-corrected chi connectivity index (χ3v) is 7.16. The lowest BCUT2D eigenvalue weighted by Crippen LogP contribution is -2.29. The maximum absolute atomic E-state index is 13.4. The predicted octanol–water partition coefficient (Wildman–Crippen LogP) is 5.39. The molecule has 1 N–H and O–H groups in total. The number of ether oxygens (including phenoxy) is 2. The number of esters is 1. The zero-order valence-electron chi connectivity index (χ0n) is 20.3. The van der Waals surface area contributed by atoms with Gasteiger partial charge in [0.25, 0.3) is 5.78 Å². The van der Waals surface area contributed by atoms with Gasteiger partial charge in [-0.15, -0.1) is 0 Å². The number of aliphatic hydroxyl groups is 1. The van der Waals surface area contributed by atoms with E-state index in [2.05, 4.69) is 11.6 Å². The van der Waals surface area contributed by atoms with Crippen LogP contribution in [0.15, 0.2) is 60.7 Å². The number of thiazole rings is 1. The number of aromatic nitrogens is 1. The topological polar surface area (TPSA) is 106 Å². The Balaban J connectivity index is 1.91. The molecule has 190 valence electrons. The molecule has 8 nitrogen and oxygen atoms in total. The normalized spacial score (nSPS) is 16.6. The molecule has 2 heterocycles. The van der Waals surface area contributed by atoms with Gasteiger partial charge in [0.1, 0.15) is 23.0 Å². The second-order valence-electron chi connectivity index (χ2n) is 8.20. The molecule has 1 aromatic heterocycles. The highest BCUT2D eigenvalue weighted by Gasteiger charge is 2.48. The number of Topliss-reactive ketones (excluding diaryl/α,β-unsaturated/α-hetero) is 1. The minimum absolute atomic E-state index is 0.119. The van der Waals surface area contributed by atoms with E-state index in [1.807, 2.05) is 0 Å². The highest BCUT2D eigenvalue weighted by molar-refractivity contribution is 7.17. The van der Waals surface area contributed by atoms with E-state index in [0.717, 1.165) is 11.3 Å². The van der Waals surface area contributed by atoms with Gasteiger partial charge in [-0.05, 0) is 55.3 Å². The van der Waals surface area contributed by atoms with Crippen molar-refractivity contribution >= 4 is 51.5 Å². The van der Waals surface area contributed by atoms with E-state index in [4.69, 9.17) is 21.1 Å². The molecule has 3 aromatic rings. The van der Waals surface area contributed by atoms with Gasteiger partial charge in [-0.25, -0.2) is 9.78 Å². The molecule has 1 aliphatic rings. The van der Waals surface area contributed by atoms with E-state index >= 15 is 0 Å². The van der Waals surface area contributed by atoms with Crippen LogP contribution in [0, 0.1) is 13.8 Å². The standard InChI is InChI=1S/C27H23ClN2O6S/c1-5-11-36-18-9-10-19(14(2)12-18)22(31)20-21(16-7-6-8-17(28)13-16)30(25(33)23(20)32)27-29-15(3)24(37-27)26(34)35-4/h5-10,12-13,21,31H,1,11H2,2-4H3/b22-20+. The monoisotopic (exact) mass is 538 g/mol. The SMILES string of the molecule is C=CCOc1ccc(/C(O)=C2\C(=O)C(=O)N(c3nc(C)c(C(=O)OC)s3)C2c2cccc(Cl)c2)c(C)c1. The maximum atomic E-state index is 13.4. The fourth-order valence-corrected chi connectivity index (χ4v) is 5.29. The first-order chi connectivity index (χ1) is 17.7. The number of hydrogen-bond donors (Lipinski definition) is 1. The summed E-state index contributed by atoms with van der Waals surface area (Å²) in [6.07, 6.45) is 1.61. The Morgan fingerprint density at radius 1 is 1.24 bits per heavy atom. The summed E-state index contributed by atoms with van der Waals surface area (Å²) in [5.74, 6) is -2.16. The van der Waals surface area contributed by atoms with E-state index in [-0.39, 0.29) is 21.3 Å². The lowest BCUT2D eigenvalue weighted by Gasteiger charge is -2.23. The van der Waals surface area contributed by atoms with Gasteiger partial charge in [-0.3, -0.25) is 14.5 Å². The van der Waals surface area contributed by atoms with Gasteiger partial charge in [-0.2, -0.15) is 0 Å². The van der Waals surface area contributed by atoms with Crippen molar-refractivity contribution in [1.82, 2.24) is 4.98 Å². The predicted molar refractivity (Wildman–Crippen MR) is 141 cm³/mol. The van der Waals surface area contributed by atoms with Crippen LogP contribution in [-0.2, 0) is 14.3 Å². The van der Waals surface area contributed by atoms with Gasteiger partial charge in [0.05, 0.1) is 24.4 Å². The molecule has 37 heavy (non-hydrogen) atoms. The van der Waals surface area contributed by atoms with Crippen LogP contribution in [0.1, 0.15) is 38.1 Å². The highest BCUT2D eigenvalue weighted by atomic mass is 35.5. The highest BCUT2D eigenvalue weighted by Crippen LogP contribution is 2.44. The molecule has 0 spiro atoms. The Hall–Kier alpha value is -3.95. The van der Waals surface area contributed by atoms with Crippen molar-refractivity contribution in [2.75, 3.05) is 18.6 Å².